The van der Waals surface area contributed by atoms with Gasteiger partial charge in [-0.1, -0.05) is 6.07 Å². The highest BCUT2D eigenvalue weighted by molar-refractivity contribution is 7.92. The maximum Gasteiger partial charge on any atom is 0.261 e. The lowest BCUT2D eigenvalue weighted by molar-refractivity contribution is -0.136. The zero-order chi connectivity index (χ0) is 22.6. The molecule has 3 aromatic rings. The molecular weight excluding hydrogens is 452 g/mol. The summed E-state index contributed by atoms with van der Waals surface area (Å²) in [4.78, 5) is 42.4. The molecule has 3 amide bonds. The number of imide groups is 1. The standard InChI is InChI=1S/C21H18N4O5S2/c1-11-22-16-5-4-14(9-18(16)31-11)32(29,30)24-13-3-2-12-10-25(21(28)15(12)8-13)17-6-7-19(26)23-20(17)27/h2-5,8-9,17,24H,6-7,10H2,1H3,(H,23,26,27). The number of nitrogens with zero attached hydrogens (tertiary/aromatic N) is 2. The number of amides is 3. The molecule has 5 rings (SSSR count). The summed E-state index contributed by atoms with van der Waals surface area (Å²) in [6, 6.07) is 8.76. The third kappa shape index (κ3) is 3.53. The Bertz CT molecular complexity index is 1410. The van der Waals surface area contributed by atoms with E-state index in [9.17, 15) is 22.8 Å². The molecule has 0 radical (unpaired) electrons. The van der Waals surface area contributed by atoms with Gasteiger partial charge in [0.2, 0.25) is 11.8 Å². The van der Waals surface area contributed by atoms with E-state index in [1.807, 2.05) is 6.92 Å². The molecule has 32 heavy (non-hydrogen) atoms. The Kier molecular flexibility index (Phi) is 4.75. The molecule has 1 aromatic heterocycles. The molecule has 2 aliphatic rings. The predicted molar refractivity (Wildman–Crippen MR) is 118 cm³/mol. The Morgan fingerprint density at radius 2 is 1.97 bits per heavy atom. The number of carbonyl (C=O) groups is 3. The predicted octanol–water partition coefficient (Wildman–Crippen LogP) is 2.17. The number of anilines is 1. The van der Waals surface area contributed by atoms with Crippen molar-refractivity contribution in [3.63, 3.8) is 0 Å². The number of aryl methyl sites for hydroxylation is 1. The van der Waals surface area contributed by atoms with Crippen molar-refractivity contribution in [1.29, 1.82) is 0 Å². The van der Waals surface area contributed by atoms with Gasteiger partial charge in [0.15, 0.2) is 0 Å². The molecule has 164 valence electrons. The molecule has 2 N–H and O–H groups in total. The van der Waals surface area contributed by atoms with E-state index < -0.39 is 22.0 Å². The number of hydrogen-bond donors (Lipinski definition) is 2. The highest BCUT2D eigenvalue weighted by Gasteiger charge is 2.39. The number of piperidine rings is 1. The zero-order valence-electron chi connectivity index (χ0n) is 16.9. The second-order valence-corrected chi connectivity index (χ2v) is 10.7. The highest BCUT2D eigenvalue weighted by atomic mass is 32.2. The number of sulfonamides is 1. The lowest BCUT2D eigenvalue weighted by Gasteiger charge is -2.29. The molecule has 1 fully saturated rings. The van der Waals surface area contributed by atoms with Gasteiger partial charge in [0.05, 0.1) is 20.1 Å². The van der Waals surface area contributed by atoms with Crippen molar-refractivity contribution in [2.75, 3.05) is 4.72 Å². The van der Waals surface area contributed by atoms with E-state index in [1.54, 1.807) is 24.3 Å². The van der Waals surface area contributed by atoms with Crippen molar-refractivity contribution in [3.05, 3.63) is 52.5 Å². The maximum atomic E-state index is 12.9. The van der Waals surface area contributed by atoms with Crippen LogP contribution in [0.2, 0.25) is 0 Å². The highest BCUT2D eigenvalue weighted by Crippen LogP contribution is 2.31. The van der Waals surface area contributed by atoms with Crippen LogP contribution in [0, 0.1) is 6.92 Å². The number of hydrogen-bond acceptors (Lipinski definition) is 7. The van der Waals surface area contributed by atoms with E-state index in [-0.39, 0.29) is 41.8 Å². The van der Waals surface area contributed by atoms with Crippen molar-refractivity contribution in [2.45, 2.75) is 37.2 Å². The SMILES string of the molecule is Cc1nc2ccc(S(=O)(=O)Nc3ccc4c(c3)C(=O)N(C3CCC(=O)NC3=O)C4)cc2s1. The lowest BCUT2D eigenvalue weighted by Crippen LogP contribution is -2.52. The van der Waals surface area contributed by atoms with Gasteiger partial charge < -0.3 is 4.90 Å². The summed E-state index contributed by atoms with van der Waals surface area (Å²) in [6.07, 6.45) is 0.439. The minimum Gasteiger partial charge on any atom is -0.322 e. The van der Waals surface area contributed by atoms with Gasteiger partial charge in [-0.3, -0.25) is 24.4 Å². The number of aromatic nitrogens is 1. The fourth-order valence-electron chi connectivity index (χ4n) is 4.02. The Balaban J connectivity index is 1.39. The number of benzene rings is 2. The Labute approximate surface area is 187 Å². The topological polar surface area (TPSA) is 126 Å². The molecule has 0 saturated carbocycles. The Hall–Kier alpha value is -3.31. The van der Waals surface area contributed by atoms with E-state index in [4.69, 9.17) is 0 Å². The monoisotopic (exact) mass is 470 g/mol. The molecule has 1 unspecified atom stereocenters. The number of fused-ring (bicyclic) bond motifs is 2. The normalized spacial score (nSPS) is 18.7. The van der Waals surface area contributed by atoms with Crippen LogP contribution >= 0.6 is 11.3 Å². The smallest absolute Gasteiger partial charge is 0.261 e. The minimum atomic E-state index is -3.88. The van der Waals surface area contributed by atoms with Crippen molar-refractivity contribution in [2.24, 2.45) is 0 Å². The van der Waals surface area contributed by atoms with Crippen LogP contribution in [0.1, 0.15) is 33.8 Å². The number of thiazole rings is 1. The minimum absolute atomic E-state index is 0.102. The summed E-state index contributed by atoms with van der Waals surface area (Å²) >= 11 is 1.41. The van der Waals surface area contributed by atoms with Gasteiger partial charge in [0, 0.05) is 24.2 Å². The first-order valence-corrected chi connectivity index (χ1v) is 12.2. The van der Waals surface area contributed by atoms with Crippen molar-refractivity contribution in [3.8, 4) is 0 Å². The van der Waals surface area contributed by atoms with Crippen LogP contribution in [-0.2, 0) is 26.2 Å². The summed E-state index contributed by atoms with van der Waals surface area (Å²) in [5, 5.41) is 3.11. The molecule has 3 heterocycles. The average Bonchev–Trinajstić information content (AvgIpc) is 3.26. The number of nitrogens with one attached hydrogen (secondary N) is 2. The molecule has 2 aliphatic heterocycles. The van der Waals surface area contributed by atoms with Gasteiger partial charge >= 0.3 is 0 Å². The van der Waals surface area contributed by atoms with Crippen LogP contribution in [0.25, 0.3) is 10.2 Å². The van der Waals surface area contributed by atoms with Gasteiger partial charge in [-0.15, -0.1) is 11.3 Å². The van der Waals surface area contributed by atoms with Crippen LogP contribution in [0.3, 0.4) is 0 Å². The summed E-state index contributed by atoms with van der Waals surface area (Å²) in [5.74, 6) is -1.20. The molecule has 0 spiro atoms. The number of carbonyl (C=O) groups excluding carboxylic acids is 3. The first-order chi connectivity index (χ1) is 15.2. The zero-order valence-corrected chi connectivity index (χ0v) is 18.5. The quantitative estimate of drug-likeness (QED) is 0.563. The second kappa shape index (κ2) is 7.38. The number of rotatable bonds is 4. The molecule has 1 atom stereocenters. The molecule has 1 saturated heterocycles. The van der Waals surface area contributed by atoms with Crippen molar-refractivity contribution in [1.82, 2.24) is 15.2 Å². The Morgan fingerprint density at radius 3 is 2.75 bits per heavy atom. The molecule has 9 nitrogen and oxygen atoms in total. The third-order valence-electron chi connectivity index (χ3n) is 5.56. The van der Waals surface area contributed by atoms with E-state index in [2.05, 4.69) is 15.0 Å². The molecular formula is C21H18N4O5S2. The van der Waals surface area contributed by atoms with Gasteiger partial charge in [0.1, 0.15) is 6.04 Å². The van der Waals surface area contributed by atoms with Crippen LogP contribution in [0.4, 0.5) is 5.69 Å². The van der Waals surface area contributed by atoms with E-state index in [1.165, 1.54) is 28.4 Å². The summed E-state index contributed by atoms with van der Waals surface area (Å²) in [6.45, 7) is 2.09. The maximum absolute atomic E-state index is 12.9. The van der Waals surface area contributed by atoms with Gasteiger partial charge in [-0.05, 0) is 49.2 Å². The lowest BCUT2D eigenvalue weighted by atomic mass is 10.0. The van der Waals surface area contributed by atoms with Crippen molar-refractivity contribution < 1.29 is 22.8 Å². The molecule has 0 aliphatic carbocycles. The van der Waals surface area contributed by atoms with E-state index in [0.29, 0.717) is 11.1 Å². The molecule has 0 bridgehead atoms. The fraction of sp³-hybridized carbons (Fsp3) is 0.238. The van der Waals surface area contributed by atoms with Crippen LogP contribution < -0.4 is 10.0 Å². The first-order valence-electron chi connectivity index (χ1n) is 9.89. The molecule has 2 aromatic carbocycles. The third-order valence-corrected chi connectivity index (χ3v) is 7.87. The van der Waals surface area contributed by atoms with Crippen LogP contribution in [0.15, 0.2) is 41.3 Å². The van der Waals surface area contributed by atoms with Crippen molar-refractivity contribution >= 4 is 55.0 Å². The van der Waals surface area contributed by atoms with E-state index in [0.717, 1.165) is 15.2 Å². The first kappa shape index (κ1) is 20.6. The van der Waals surface area contributed by atoms with Gasteiger partial charge in [-0.2, -0.15) is 0 Å². The van der Waals surface area contributed by atoms with Crippen LogP contribution in [-0.4, -0.2) is 42.1 Å². The summed E-state index contributed by atoms with van der Waals surface area (Å²) in [7, 11) is -3.88. The molecule has 11 heteroatoms. The van der Waals surface area contributed by atoms with Crippen LogP contribution in [0.5, 0.6) is 0 Å². The summed E-state index contributed by atoms with van der Waals surface area (Å²) < 4.78 is 29.1. The van der Waals surface area contributed by atoms with Gasteiger partial charge in [-0.25, -0.2) is 13.4 Å². The fourth-order valence-corrected chi connectivity index (χ4v) is 6.04. The second-order valence-electron chi connectivity index (χ2n) is 7.74. The Morgan fingerprint density at radius 1 is 1.16 bits per heavy atom. The van der Waals surface area contributed by atoms with E-state index >= 15 is 0 Å². The largest absolute Gasteiger partial charge is 0.322 e. The summed E-state index contributed by atoms with van der Waals surface area (Å²) in [5.41, 5.74) is 2.03. The average molecular weight is 471 g/mol. The van der Waals surface area contributed by atoms with Gasteiger partial charge in [0.25, 0.3) is 15.9 Å².